The quantitative estimate of drug-likeness (QED) is 0.769. The molecule has 3 rings (SSSR count). The third-order valence-corrected chi connectivity index (χ3v) is 4.83. The maximum atomic E-state index is 13.0. The summed E-state index contributed by atoms with van der Waals surface area (Å²) in [5.41, 5.74) is -0.253. The Balaban J connectivity index is 1.46. The zero-order valence-corrected chi connectivity index (χ0v) is 14.6. The lowest BCUT2D eigenvalue weighted by Gasteiger charge is -2.22. The van der Waals surface area contributed by atoms with Gasteiger partial charge in [-0.3, -0.25) is 9.89 Å². The van der Waals surface area contributed by atoms with E-state index in [-0.39, 0.29) is 17.9 Å². The summed E-state index contributed by atoms with van der Waals surface area (Å²) in [5, 5.41) is 8.71. The molecule has 0 radical (unpaired) electrons. The second-order valence-electron chi connectivity index (χ2n) is 6.63. The number of carbonyl (C=O) groups excluding carboxylic acids is 1. The van der Waals surface area contributed by atoms with Gasteiger partial charge >= 0.3 is 6.18 Å². The summed E-state index contributed by atoms with van der Waals surface area (Å²) in [5.74, 6) is 0.341. The van der Waals surface area contributed by atoms with Gasteiger partial charge in [-0.1, -0.05) is 0 Å². The SMILES string of the molecule is Cc1nccn1CCCCNC(=O)[C@H]1CCc2[nH]nc(C(F)(F)F)c2C1. The van der Waals surface area contributed by atoms with Gasteiger partial charge < -0.3 is 9.88 Å². The highest BCUT2D eigenvalue weighted by Gasteiger charge is 2.40. The fraction of sp³-hybridized carbons (Fsp3) is 0.588. The van der Waals surface area contributed by atoms with Crippen molar-refractivity contribution >= 4 is 5.91 Å². The lowest BCUT2D eigenvalue weighted by atomic mass is 9.85. The van der Waals surface area contributed by atoms with Crippen molar-refractivity contribution in [3.63, 3.8) is 0 Å². The molecule has 2 N–H and O–H groups in total. The number of alkyl halides is 3. The van der Waals surface area contributed by atoms with Crippen LogP contribution in [-0.2, 0) is 30.4 Å². The van der Waals surface area contributed by atoms with Crippen molar-refractivity contribution in [2.45, 2.75) is 51.7 Å². The number of nitrogens with one attached hydrogen (secondary N) is 2. The van der Waals surface area contributed by atoms with Crippen LogP contribution in [0.1, 0.15) is 42.0 Å². The van der Waals surface area contributed by atoms with Crippen molar-refractivity contribution in [3.8, 4) is 0 Å². The number of aryl methyl sites for hydroxylation is 3. The molecule has 2 aromatic rings. The lowest BCUT2D eigenvalue weighted by molar-refractivity contribution is -0.142. The monoisotopic (exact) mass is 369 g/mol. The highest BCUT2D eigenvalue weighted by molar-refractivity contribution is 5.79. The number of aromatic amines is 1. The predicted octanol–water partition coefficient (Wildman–Crippen LogP) is 2.63. The zero-order valence-electron chi connectivity index (χ0n) is 14.6. The number of H-pyrrole nitrogens is 1. The Bertz CT molecular complexity index is 765. The molecule has 9 heteroatoms. The summed E-state index contributed by atoms with van der Waals surface area (Å²) in [6, 6.07) is 0. The fourth-order valence-corrected chi connectivity index (χ4v) is 3.36. The minimum atomic E-state index is -4.49. The van der Waals surface area contributed by atoms with Gasteiger partial charge in [0.15, 0.2) is 5.69 Å². The van der Waals surface area contributed by atoms with Crippen LogP contribution in [0.25, 0.3) is 0 Å². The van der Waals surface area contributed by atoms with Crippen LogP contribution in [0.5, 0.6) is 0 Å². The Labute approximate surface area is 149 Å². The van der Waals surface area contributed by atoms with E-state index in [4.69, 9.17) is 0 Å². The van der Waals surface area contributed by atoms with E-state index in [1.54, 1.807) is 6.20 Å². The second kappa shape index (κ2) is 7.51. The molecule has 0 aliphatic heterocycles. The maximum Gasteiger partial charge on any atom is 0.435 e. The van der Waals surface area contributed by atoms with Crippen LogP contribution < -0.4 is 5.32 Å². The number of unbranched alkanes of at least 4 members (excludes halogenated alkanes) is 1. The Hall–Kier alpha value is -2.32. The Kier molecular flexibility index (Phi) is 5.33. The number of amides is 1. The number of hydrogen-bond donors (Lipinski definition) is 2. The van der Waals surface area contributed by atoms with Crippen molar-refractivity contribution < 1.29 is 18.0 Å². The van der Waals surface area contributed by atoms with E-state index in [0.717, 1.165) is 25.2 Å². The van der Waals surface area contributed by atoms with Gasteiger partial charge in [-0.25, -0.2) is 4.98 Å². The average molecular weight is 369 g/mol. The minimum Gasteiger partial charge on any atom is -0.356 e. The molecular weight excluding hydrogens is 347 g/mol. The second-order valence-corrected chi connectivity index (χ2v) is 6.63. The molecule has 0 aromatic carbocycles. The summed E-state index contributed by atoms with van der Waals surface area (Å²) in [6.45, 7) is 3.29. The van der Waals surface area contributed by atoms with E-state index in [0.29, 0.717) is 25.1 Å². The number of nitrogens with zero attached hydrogens (tertiary/aromatic N) is 3. The number of imidazole rings is 1. The van der Waals surface area contributed by atoms with Gasteiger partial charge in [0.1, 0.15) is 5.82 Å². The molecule has 1 aliphatic rings. The molecular formula is C17H22F3N5O. The molecule has 2 aromatic heterocycles. The summed E-state index contributed by atoms with van der Waals surface area (Å²) in [7, 11) is 0. The van der Waals surface area contributed by atoms with Gasteiger partial charge in [0.25, 0.3) is 0 Å². The number of rotatable bonds is 6. The van der Waals surface area contributed by atoms with Gasteiger partial charge in [0.05, 0.1) is 0 Å². The van der Waals surface area contributed by atoms with Crippen molar-refractivity contribution in [1.29, 1.82) is 0 Å². The molecule has 0 spiro atoms. The number of aromatic nitrogens is 4. The molecule has 142 valence electrons. The van der Waals surface area contributed by atoms with E-state index >= 15 is 0 Å². The molecule has 6 nitrogen and oxygen atoms in total. The minimum absolute atomic E-state index is 0.0841. The van der Waals surface area contributed by atoms with Crippen molar-refractivity contribution in [2.75, 3.05) is 6.54 Å². The highest BCUT2D eigenvalue weighted by atomic mass is 19.4. The Morgan fingerprint density at radius 2 is 2.23 bits per heavy atom. The molecule has 0 saturated heterocycles. The van der Waals surface area contributed by atoms with Crippen LogP contribution in [0.15, 0.2) is 12.4 Å². The van der Waals surface area contributed by atoms with Gasteiger partial charge in [-0.15, -0.1) is 0 Å². The topological polar surface area (TPSA) is 75.6 Å². The standard InChI is InChI=1S/C17H22F3N5O/c1-11-21-7-9-25(11)8-3-2-6-22-16(26)12-4-5-14-13(10-12)15(24-23-14)17(18,19)20/h7,9,12H,2-6,8,10H2,1H3,(H,22,26)(H,23,24)/t12-/m0/s1. The first-order valence-electron chi connectivity index (χ1n) is 8.75. The van der Waals surface area contributed by atoms with Crippen LogP contribution in [0.2, 0.25) is 0 Å². The van der Waals surface area contributed by atoms with Crippen LogP contribution in [0, 0.1) is 12.8 Å². The van der Waals surface area contributed by atoms with Crippen molar-refractivity contribution in [2.24, 2.45) is 5.92 Å². The van der Waals surface area contributed by atoms with E-state index < -0.39 is 17.8 Å². The largest absolute Gasteiger partial charge is 0.435 e. The molecule has 2 heterocycles. The molecule has 26 heavy (non-hydrogen) atoms. The molecule has 1 aliphatic carbocycles. The van der Waals surface area contributed by atoms with Crippen molar-refractivity contribution in [3.05, 3.63) is 35.2 Å². The van der Waals surface area contributed by atoms with E-state index in [2.05, 4.69) is 20.5 Å². The molecule has 1 atom stereocenters. The molecule has 1 amide bonds. The first-order chi connectivity index (χ1) is 12.4. The smallest absolute Gasteiger partial charge is 0.356 e. The Morgan fingerprint density at radius 3 is 2.92 bits per heavy atom. The number of fused-ring (bicyclic) bond motifs is 1. The molecule has 0 unspecified atom stereocenters. The van der Waals surface area contributed by atoms with E-state index in [9.17, 15) is 18.0 Å². The van der Waals surface area contributed by atoms with Gasteiger partial charge in [0.2, 0.25) is 5.91 Å². The molecule has 0 saturated carbocycles. The number of halogens is 3. The van der Waals surface area contributed by atoms with Crippen LogP contribution in [0.3, 0.4) is 0 Å². The maximum absolute atomic E-state index is 13.0. The van der Waals surface area contributed by atoms with E-state index in [1.807, 2.05) is 17.7 Å². The third kappa shape index (κ3) is 4.08. The lowest BCUT2D eigenvalue weighted by Crippen LogP contribution is -2.35. The third-order valence-electron chi connectivity index (χ3n) is 4.83. The van der Waals surface area contributed by atoms with Gasteiger partial charge in [0, 0.05) is 42.7 Å². The van der Waals surface area contributed by atoms with Crippen LogP contribution >= 0.6 is 0 Å². The molecule has 0 bridgehead atoms. The first kappa shape index (κ1) is 18.5. The summed E-state index contributed by atoms with van der Waals surface area (Å²) in [6.07, 6.45) is 1.90. The summed E-state index contributed by atoms with van der Waals surface area (Å²) in [4.78, 5) is 16.4. The highest BCUT2D eigenvalue weighted by Crippen LogP contribution is 2.36. The first-order valence-corrected chi connectivity index (χ1v) is 8.75. The normalized spacial score (nSPS) is 17.2. The predicted molar refractivity (Wildman–Crippen MR) is 88.3 cm³/mol. The van der Waals surface area contributed by atoms with Crippen LogP contribution in [0.4, 0.5) is 13.2 Å². The number of carbonyl (C=O) groups is 1. The summed E-state index contributed by atoms with van der Waals surface area (Å²) >= 11 is 0. The Morgan fingerprint density at radius 1 is 1.42 bits per heavy atom. The zero-order chi connectivity index (χ0) is 18.7. The van der Waals surface area contributed by atoms with E-state index in [1.165, 1.54) is 0 Å². The summed E-state index contributed by atoms with van der Waals surface area (Å²) < 4.78 is 41.0. The molecule has 0 fully saturated rings. The van der Waals surface area contributed by atoms with Crippen molar-refractivity contribution in [1.82, 2.24) is 25.1 Å². The fourth-order valence-electron chi connectivity index (χ4n) is 3.36. The van der Waals surface area contributed by atoms with Crippen LogP contribution in [-0.4, -0.2) is 32.2 Å². The number of hydrogen-bond acceptors (Lipinski definition) is 3. The van der Waals surface area contributed by atoms with Gasteiger partial charge in [-0.2, -0.15) is 18.3 Å². The van der Waals surface area contributed by atoms with Gasteiger partial charge in [-0.05, 0) is 39.0 Å². The average Bonchev–Trinajstić information content (AvgIpc) is 3.19.